The molecule has 4 rings (SSSR count). The zero-order chi connectivity index (χ0) is 20.4. The predicted molar refractivity (Wildman–Crippen MR) is 107 cm³/mol. The monoisotopic (exact) mass is 392 g/mol. The Hall–Kier alpha value is -3.94. The molecule has 0 unspecified atom stereocenters. The maximum absolute atomic E-state index is 14.4. The number of benzene rings is 2. The van der Waals surface area contributed by atoms with Crippen molar-refractivity contribution in [3.8, 4) is 22.8 Å². The number of hydrogen-bond acceptors (Lipinski definition) is 5. The first-order valence-corrected chi connectivity index (χ1v) is 8.73. The van der Waals surface area contributed by atoms with Crippen molar-refractivity contribution in [2.24, 2.45) is 0 Å². The number of pyridine rings is 1. The van der Waals surface area contributed by atoms with Gasteiger partial charge in [0, 0.05) is 10.9 Å². The molecule has 1 amide bonds. The lowest BCUT2D eigenvalue weighted by Crippen LogP contribution is -2.12. The second-order valence-electron chi connectivity index (χ2n) is 6.19. The topological polar surface area (TPSA) is 89.1 Å². The van der Waals surface area contributed by atoms with Gasteiger partial charge in [-0.3, -0.25) is 14.9 Å². The summed E-state index contributed by atoms with van der Waals surface area (Å²) >= 11 is 0. The Balaban J connectivity index is 1.72. The smallest absolute Gasteiger partial charge is 0.257 e. The van der Waals surface area contributed by atoms with Crippen molar-refractivity contribution in [3.63, 3.8) is 0 Å². The number of fused-ring (bicyclic) bond motifs is 1. The summed E-state index contributed by atoms with van der Waals surface area (Å²) in [6.07, 6.45) is 1.53. The molecule has 7 nitrogen and oxygen atoms in total. The first-order chi connectivity index (χ1) is 14.1. The highest BCUT2D eigenvalue weighted by Crippen LogP contribution is 2.33. The van der Waals surface area contributed by atoms with E-state index in [1.165, 1.54) is 26.5 Å². The van der Waals surface area contributed by atoms with Crippen LogP contribution in [-0.4, -0.2) is 35.3 Å². The Labute approximate surface area is 165 Å². The number of halogens is 1. The van der Waals surface area contributed by atoms with Crippen LogP contribution in [0, 0.1) is 5.82 Å². The Bertz CT molecular complexity index is 1210. The van der Waals surface area contributed by atoms with Crippen molar-refractivity contribution in [3.05, 3.63) is 66.1 Å². The maximum Gasteiger partial charge on any atom is 0.257 e. The van der Waals surface area contributed by atoms with Gasteiger partial charge in [-0.15, -0.1) is 0 Å². The van der Waals surface area contributed by atoms with Gasteiger partial charge in [-0.2, -0.15) is 5.10 Å². The van der Waals surface area contributed by atoms with E-state index in [1.807, 2.05) is 0 Å². The lowest BCUT2D eigenvalue weighted by Gasteiger charge is -2.09. The van der Waals surface area contributed by atoms with Gasteiger partial charge in [0.15, 0.2) is 5.82 Å². The second-order valence-corrected chi connectivity index (χ2v) is 6.19. The summed E-state index contributed by atoms with van der Waals surface area (Å²) in [5.41, 5.74) is 1.63. The van der Waals surface area contributed by atoms with Crippen LogP contribution >= 0.6 is 0 Å². The molecule has 0 saturated carbocycles. The quantitative estimate of drug-likeness (QED) is 0.535. The lowest BCUT2D eigenvalue weighted by molar-refractivity contribution is 0.102. The molecule has 0 saturated heterocycles. The molecule has 29 heavy (non-hydrogen) atoms. The second kappa shape index (κ2) is 7.59. The van der Waals surface area contributed by atoms with E-state index >= 15 is 0 Å². The molecule has 2 aromatic carbocycles. The normalized spacial score (nSPS) is 10.7. The van der Waals surface area contributed by atoms with Crippen molar-refractivity contribution >= 4 is 22.6 Å². The number of nitrogens with one attached hydrogen (secondary N) is 2. The molecule has 2 aromatic heterocycles. The minimum absolute atomic E-state index is 0.239. The van der Waals surface area contributed by atoms with Crippen LogP contribution in [0.25, 0.3) is 22.2 Å². The van der Waals surface area contributed by atoms with Crippen molar-refractivity contribution in [1.82, 2.24) is 15.2 Å². The number of ether oxygens (including phenoxy) is 2. The fourth-order valence-electron chi connectivity index (χ4n) is 3.02. The molecule has 0 bridgehead atoms. The minimum Gasteiger partial charge on any atom is -0.497 e. The Morgan fingerprint density at radius 1 is 1.10 bits per heavy atom. The molecule has 0 spiro atoms. The van der Waals surface area contributed by atoms with E-state index in [0.29, 0.717) is 39.5 Å². The van der Waals surface area contributed by atoms with Crippen LogP contribution in [0.2, 0.25) is 0 Å². The Morgan fingerprint density at radius 3 is 2.72 bits per heavy atom. The van der Waals surface area contributed by atoms with Crippen LogP contribution in [-0.2, 0) is 0 Å². The summed E-state index contributed by atoms with van der Waals surface area (Å²) in [4.78, 5) is 16.9. The van der Waals surface area contributed by atoms with Gasteiger partial charge < -0.3 is 14.8 Å². The zero-order valence-corrected chi connectivity index (χ0v) is 15.7. The average molecular weight is 392 g/mol. The van der Waals surface area contributed by atoms with E-state index in [0.717, 1.165) is 0 Å². The van der Waals surface area contributed by atoms with Crippen molar-refractivity contribution in [2.75, 3.05) is 19.5 Å². The van der Waals surface area contributed by atoms with Crippen molar-refractivity contribution < 1.29 is 18.7 Å². The highest BCUT2D eigenvalue weighted by Gasteiger charge is 2.17. The largest absolute Gasteiger partial charge is 0.497 e. The average Bonchev–Trinajstić information content (AvgIpc) is 3.15. The van der Waals surface area contributed by atoms with Gasteiger partial charge in [-0.05, 0) is 36.4 Å². The molecule has 4 aromatic rings. The SMILES string of the molecule is COc1cccc(C(=O)Nc2n[nH]c3cnc(-c4c(F)cccc4OC)cc23)c1. The molecule has 146 valence electrons. The number of aromatic amines is 1. The highest BCUT2D eigenvalue weighted by atomic mass is 19.1. The molecule has 0 aliphatic rings. The first kappa shape index (κ1) is 18.4. The summed E-state index contributed by atoms with van der Waals surface area (Å²) in [5, 5.41) is 10.3. The fourth-order valence-corrected chi connectivity index (χ4v) is 3.02. The number of hydrogen-bond donors (Lipinski definition) is 2. The van der Waals surface area contributed by atoms with Crippen LogP contribution < -0.4 is 14.8 Å². The molecule has 0 atom stereocenters. The summed E-state index contributed by atoms with van der Waals surface area (Å²) < 4.78 is 24.8. The van der Waals surface area contributed by atoms with Gasteiger partial charge in [0.1, 0.15) is 17.3 Å². The molecule has 0 fully saturated rings. The van der Waals surface area contributed by atoms with Crippen LogP contribution in [0.3, 0.4) is 0 Å². The number of rotatable bonds is 5. The molecule has 8 heteroatoms. The number of anilines is 1. The zero-order valence-electron chi connectivity index (χ0n) is 15.7. The van der Waals surface area contributed by atoms with Crippen molar-refractivity contribution in [1.29, 1.82) is 0 Å². The molecule has 2 N–H and O–H groups in total. The Morgan fingerprint density at radius 2 is 1.93 bits per heavy atom. The van der Waals surface area contributed by atoms with Crippen LogP contribution in [0.1, 0.15) is 10.4 Å². The van der Waals surface area contributed by atoms with Gasteiger partial charge in [-0.25, -0.2) is 4.39 Å². The third-order valence-electron chi connectivity index (χ3n) is 4.46. The number of methoxy groups -OCH3 is 2. The summed E-state index contributed by atoms with van der Waals surface area (Å²) in [7, 11) is 3.00. The van der Waals surface area contributed by atoms with E-state index in [9.17, 15) is 9.18 Å². The fraction of sp³-hybridized carbons (Fsp3) is 0.0952. The van der Waals surface area contributed by atoms with Gasteiger partial charge >= 0.3 is 0 Å². The summed E-state index contributed by atoms with van der Waals surface area (Å²) in [6, 6.07) is 13.0. The predicted octanol–water partition coefficient (Wildman–Crippen LogP) is 4.03. The van der Waals surface area contributed by atoms with Gasteiger partial charge in [-0.1, -0.05) is 12.1 Å². The van der Waals surface area contributed by atoms with E-state index in [1.54, 1.807) is 42.5 Å². The molecule has 2 heterocycles. The molecular weight excluding hydrogens is 375 g/mol. The van der Waals surface area contributed by atoms with Crippen LogP contribution in [0.5, 0.6) is 11.5 Å². The minimum atomic E-state index is -0.457. The number of H-pyrrole nitrogens is 1. The number of nitrogens with zero attached hydrogens (tertiary/aromatic N) is 2. The lowest BCUT2D eigenvalue weighted by atomic mass is 10.1. The number of carbonyl (C=O) groups is 1. The van der Waals surface area contributed by atoms with Gasteiger partial charge in [0.2, 0.25) is 0 Å². The van der Waals surface area contributed by atoms with E-state index < -0.39 is 5.82 Å². The molecule has 0 aliphatic heterocycles. The van der Waals surface area contributed by atoms with Crippen LogP contribution in [0.15, 0.2) is 54.7 Å². The van der Waals surface area contributed by atoms with E-state index in [4.69, 9.17) is 9.47 Å². The van der Waals surface area contributed by atoms with E-state index in [2.05, 4.69) is 20.5 Å². The number of aromatic nitrogens is 3. The Kier molecular flexibility index (Phi) is 4.82. The summed E-state index contributed by atoms with van der Waals surface area (Å²) in [5.74, 6) is 0.442. The van der Waals surface area contributed by atoms with E-state index in [-0.39, 0.29) is 11.5 Å². The molecular formula is C21H17FN4O3. The van der Waals surface area contributed by atoms with Gasteiger partial charge in [0.25, 0.3) is 5.91 Å². The third kappa shape index (κ3) is 3.47. The van der Waals surface area contributed by atoms with Crippen LogP contribution in [0.4, 0.5) is 10.2 Å². The molecule has 0 aliphatic carbocycles. The third-order valence-corrected chi connectivity index (χ3v) is 4.46. The van der Waals surface area contributed by atoms with Crippen molar-refractivity contribution in [2.45, 2.75) is 0 Å². The maximum atomic E-state index is 14.4. The standard InChI is InChI=1S/C21H17FN4O3/c1-28-13-6-3-5-12(9-13)21(27)24-20-14-10-16(23-11-17(14)25-26-20)19-15(22)7-4-8-18(19)29-2/h3-11H,1-2H3,(H2,24,25,26,27). The number of carbonyl (C=O) groups excluding carboxylic acids is 1. The number of amides is 1. The van der Waals surface area contributed by atoms with Gasteiger partial charge in [0.05, 0.1) is 37.2 Å². The summed E-state index contributed by atoms with van der Waals surface area (Å²) in [6.45, 7) is 0. The first-order valence-electron chi connectivity index (χ1n) is 8.73. The highest BCUT2D eigenvalue weighted by molar-refractivity contribution is 6.08. The molecule has 0 radical (unpaired) electrons.